The minimum absolute atomic E-state index is 0. The van der Waals surface area contributed by atoms with E-state index in [1.54, 1.807) is 18.2 Å². The molecule has 0 aromatic heterocycles. The van der Waals surface area contributed by atoms with Crippen LogP contribution in [0.5, 0.6) is 17.2 Å². The molecule has 1 saturated heterocycles. The van der Waals surface area contributed by atoms with E-state index in [4.69, 9.17) is 19.9 Å². The van der Waals surface area contributed by atoms with Gasteiger partial charge >= 0.3 is 0 Å². The standard InChI is InChI=1S/C15H18N2O5S.ClH/c1-20-10-6-9(7-11(21-2)13(10)22-3)8-12-14(18)17(5-4-16)15(19)23-12;/h6-8H,4-5,16H2,1-3H3;1H/b12-8-;. The number of methoxy groups -OCH3 is 3. The van der Waals surface area contributed by atoms with E-state index in [1.165, 1.54) is 21.3 Å². The number of nitrogens with zero attached hydrogens (tertiary/aromatic N) is 1. The number of nitrogens with two attached hydrogens (primary N) is 1. The molecule has 1 fully saturated rings. The van der Waals surface area contributed by atoms with Gasteiger partial charge in [-0.05, 0) is 35.5 Å². The summed E-state index contributed by atoms with van der Waals surface area (Å²) in [7, 11) is 4.53. The quantitative estimate of drug-likeness (QED) is 0.762. The Kier molecular flexibility index (Phi) is 7.40. The van der Waals surface area contributed by atoms with E-state index in [1.807, 2.05) is 0 Å². The lowest BCUT2D eigenvalue weighted by molar-refractivity contribution is -0.122. The Hall–Kier alpha value is -1.90. The molecule has 7 nitrogen and oxygen atoms in total. The summed E-state index contributed by atoms with van der Waals surface area (Å²) >= 11 is 0.884. The molecule has 0 radical (unpaired) electrons. The third-order valence-electron chi connectivity index (χ3n) is 3.21. The van der Waals surface area contributed by atoms with Gasteiger partial charge in [-0.25, -0.2) is 0 Å². The van der Waals surface area contributed by atoms with Gasteiger partial charge in [-0.3, -0.25) is 14.5 Å². The third-order valence-corrected chi connectivity index (χ3v) is 4.12. The van der Waals surface area contributed by atoms with Gasteiger partial charge in [-0.15, -0.1) is 12.4 Å². The molecule has 1 aromatic carbocycles. The van der Waals surface area contributed by atoms with Crippen LogP contribution < -0.4 is 19.9 Å². The average Bonchev–Trinajstić information content (AvgIpc) is 2.81. The van der Waals surface area contributed by atoms with Gasteiger partial charge in [-0.1, -0.05) is 0 Å². The number of carbonyl (C=O) groups is 2. The van der Waals surface area contributed by atoms with Crippen molar-refractivity contribution in [2.24, 2.45) is 5.73 Å². The second-order valence-corrected chi connectivity index (χ2v) is 5.57. The van der Waals surface area contributed by atoms with Crippen LogP contribution in [0.25, 0.3) is 6.08 Å². The molecule has 0 spiro atoms. The lowest BCUT2D eigenvalue weighted by Gasteiger charge is -2.13. The zero-order chi connectivity index (χ0) is 17.0. The summed E-state index contributed by atoms with van der Waals surface area (Å²) in [6, 6.07) is 3.41. The molecule has 2 amide bonds. The number of ether oxygens (including phenoxy) is 3. The van der Waals surface area contributed by atoms with Crippen LogP contribution in [-0.4, -0.2) is 50.5 Å². The van der Waals surface area contributed by atoms with Crippen molar-refractivity contribution in [3.63, 3.8) is 0 Å². The molecule has 0 saturated carbocycles. The van der Waals surface area contributed by atoms with Gasteiger partial charge in [0, 0.05) is 13.1 Å². The van der Waals surface area contributed by atoms with Gasteiger partial charge < -0.3 is 19.9 Å². The molecule has 1 aliphatic heterocycles. The predicted octanol–water partition coefficient (Wildman–Crippen LogP) is 2.13. The molecular formula is C15H19ClN2O5S. The van der Waals surface area contributed by atoms with E-state index in [9.17, 15) is 9.59 Å². The van der Waals surface area contributed by atoms with Crippen LogP contribution >= 0.6 is 24.2 Å². The van der Waals surface area contributed by atoms with E-state index in [0.717, 1.165) is 16.7 Å². The molecule has 24 heavy (non-hydrogen) atoms. The molecule has 1 aliphatic rings. The van der Waals surface area contributed by atoms with E-state index in [0.29, 0.717) is 27.7 Å². The van der Waals surface area contributed by atoms with Crippen molar-refractivity contribution in [3.05, 3.63) is 22.6 Å². The predicted molar refractivity (Wildman–Crippen MR) is 95.1 cm³/mol. The molecule has 9 heteroatoms. The molecule has 1 heterocycles. The van der Waals surface area contributed by atoms with Crippen molar-refractivity contribution in [3.8, 4) is 17.2 Å². The highest BCUT2D eigenvalue weighted by Gasteiger charge is 2.34. The van der Waals surface area contributed by atoms with Gasteiger partial charge in [0.25, 0.3) is 11.1 Å². The van der Waals surface area contributed by atoms with Crippen molar-refractivity contribution >= 4 is 41.4 Å². The van der Waals surface area contributed by atoms with Crippen LogP contribution in [0, 0.1) is 0 Å². The SMILES string of the molecule is COc1cc(/C=C2\SC(=O)N(CCN)C2=O)cc(OC)c1OC.Cl. The molecule has 0 unspecified atom stereocenters. The Morgan fingerprint density at radius 3 is 2.17 bits per heavy atom. The second kappa shape index (κ2) is 8.81. The number of imide groups is 1. The molecular weight excluding hydrogens is 356 g/mol. The molecule has 132 valence electrons. The van der Waals surface area contributed by atoms with Gasteiger partial charge in [0.2, 0.25) is 5.75 Å². The Labute approximate surface area is 150 Å². The molecule has 0 atom stereocenters. The van der Waals surface area contributed by atoms with Crippen molar-refractivity contribution in [1.82, 2.24) is 4.90 Å². The molecule has 1 aromatic rings. The van der Waals surface area contributed by atoms with Crippen molar-refractivity contribution in [2.75, 3.05) is 34.4 Å². The van der Waals surface area contributed by atoms with Gasteiger partial charge in [0.15, 0.2) is 11.5 Å². The Balaban J connectivity index is 0.00000288. The van der Waals surface area contributed by atoms with Gasteiger partial charge in [0.05, 0.1) is 26.2 Å². The summed E-state index contributed by atoms with van der Waals surface area (Å²) in [5.74, 6) is 1.06. The topological polar surface area (TPSA) is 91.1 Å². The van der Waals surface area contributed by atoms with Crippen molar-refractivity contribution in [1.29, 1.82) is 0 Å². The summed E-state index contributed by atoms with van der Waals surface area (Å²) in [6.45, 7) is 0.437. The molecule has 2 rings (SSSR count). The lowest BCUT2D eigenvalue weighted by Crippen LogP contribution is -2.33. The van der Waals surface area contributed by atoms with E-state index >= 15 is 0 Å². The van der Waals surface area contributed by atoms with Gasteiger partial charge in [0.1, 0.15) is 0 Å². The van der Waals surface area contributed by atoms with Crippen LogP contribution in [0.2, 0.25) is 0 Å². The summed E-state index contributed by atoms with van der Waals surface area (Å²) in [4.78, 5) is 25.5. The second-order valence-electron chi connectivity index (χ2n) is 4.58. The Bertz CT molecular complexity index is 640. The fourth-order valence-electron chi connectivity index (χ4n) is 2.16. The first-order valence-electron chi connectivity index (χ1n) is 6.81. The number of hydrogen-bond acceptors (Lipinski definition) is 7. The first-order valence-corrected chi connectivity index (χ1v) is 7.62. The van der Waals surface area contributed by atoms with E-state index in [2.05, 4.69) is 0 Å². The van der Waals surface area contributed by atoms with Crippen LogP contribution in [0.3, 0.4) is 0 Å². The Morgan fingerprint density at radius 2 is 1.71 bits per heavy atom. The first-order chi connectivity index (χ1) is 11.0. The minimum Gasteiger partial charge on any atom is -0.493 e. The lowest BCUT2D eigenvalue weighted by atomic mass is 10.1. The van der Waals surface area contributed by atoms with E-state index in [-0.39, 0.29) is 36.6 Å². The smallest absolute Gasteiger partial charge is 0.293 e. The number of thioether (sulfide) groups is 1. The van der Waals surface area contributed by atoms with Crippen molar-refractivity contribution in [2.45, 2.75) is 0 Å². The number of halogens is 1. The molecule has 2 N–H and O–H groups in total. The monoisotopic (exact) mass is 374 g/mol. The van der Waals surface area contributed by atoms with Crippen LogP contribution in [0.1, 0.15) is 5.56 Å². The number of hydrogen-bond donors (Lipinski definition) is 1. The maximum atomic E-state index is 12.2. The zero-order valence-electron chi connectivity index (χ0n) is 13.5. The highest BCUT2D eigenvalue weighted by molar-refractivity contribution is 8.18. The fraction of sp³-hybridized carbons (Fsp3) is 0.333. The maximum absolute atomic E-state index is 12.2. The molecule has 0 bridgehead atoms. The van der Waals surface area contributed by atoms with Crippen LogP contribution in [0.4, 0.5) is 4.79 Å². The Morgan fingerprint density at radius 1 is 1.12 bits per heavy atom. The number of rotatable bonds is 6. The normalized spacial score (nSPS) is 15.5. The maximum Gasteiger partial charge on any atom is 0.293 e. The minimum atomic E-state index is -0.348. The van der Waals surface area contributed by atoms with Gasteiger partial charge in [-0.2, -0.15) is 0 Å². The number of benzene rings is 1. The van der Waals surface area contributed by atoms with Crippen molar-refractivity contribution < 1.29 is 23.8 Å². The highest BCUT2D eigenvalue weighted by Crippen LogP contribution is 2.40. The summed E-state index contributed by atoms with van der Waals surface area (Å²) < 4.78 is 15.8. The first kappa shape index (κ1) is 20.1. The van der Waals surface area contributed by atoms with E-state index < -0.39 is 0 Å². The number of carbonyl (C=O) groups excluding carboxylic acids is 2. The molecule has 0 aliphatic carbocycles. The summed E-state index contributed by atoms with van der Waals surface area (Å²) in [6.07, 6.45) is 1.62. The highest BCUT2D eigenvalue weighted by atomic mass is 35.5. The van der Waals surface area contributed by atoms with Crippen LogP contribution in [0.15, 0.2) is 17.0 Å². The fourth-order valence-corrected chi connectivity index (χ4v) is 3.02. The largest absolute Gasteiger partial charge is 0.493 e. The summed E-state index contributed by atoms with van der Waals surface area (Å²) in [5, 5.41) is -0.320. The average molecular weight is 375 g/mol. The summed E-state index contributed by atoms with van der Waals surface area (Å²) in [5.41, 5.74) is 6.08. The van der Waals surface area contributed by atoms with Crippen LogP contribution in [-0.2, 0) is 4.79 Å². The third kappa shape index (κ3) is 3.95. The zero-order valence-corrected chi connectivity index (χ0v) is 15.2. The number of amides is 2.